The summed E-state index contributed by atoms with van der Waals surface area (Å²) in [5.74, 6) is 1.64. The van der Waals surface area contributed by atoms with Crippen molar-refractivity contribution in [1.82, 2.24) is 30.0 Å². The summed E-state index contributed by atoms with van der Waals surface area (Å²) in [5, 5.41) is 12.7. The van der Waals surface area contributed by atoms with Gasteiger partial charge in [-0.25, -0.2) is 4.68 Å². The number of hydrogen-bond acceptors (Lipinski definition) is 6. The number of ether oxygens (including phenoxy) is 1. The Kier molecular flexibility index (Phi) is 6.19. The monoisotopic (exact) mass is 336 g/mol. The first-order valence-electron chi connectivity index (χ1n) is 9.51. The molecule has 0 aromatic carbocycles. The summed E-state index contributed by atoms with van der Waals surface area (Å²) in [6.07, 6.45) is 3.63. The fraction of sp³-hybridized carbons (Fsp3) is 0.941. The summed E-state index contributed by atoms with van der Waals surface area (Å²) in [6, 6.07) is 0.306. The highest BCUT2D eigenvalue weighted by Crippen LogP contribution is 2.28. The van der Waals surface area contributed by atoms with Gasteiger partial charge in [-0.2, -0.15) is 0 Å². The van der Waals surface area contributed by atoms with Crippen LogP contribution in [-0.4, -0.2) is 75.4 Å². The second-order valence-electron chi connectivity index (χ2n) is 7.47. The third-order valence-electron chi connectivity index (χ3n) is 5.25. The van der Waals surface area contributed by atoms with Gasteiger partial charge in [0.05, 0.1) is 18.7 Å². The predicted molar refractivity (Wildman–Crippen MR) is 92.7 cm³/mol. The van der Waals surface area contributed by atoms with E-state index in [1.165, 1.54) is 0 Å². The molecule has 3 heterocycles. The summed E-state index contributed by atoms with van der Waals surface area (Å²) in [4.78, 5) is 5.09. The Balaban J connectivity index is 1.72. The molecule has 0 spiro atoms. The summed E-state index contributed by atoms with van der Waals surface area (Å²) < 4.78 is 7.77. The van der Waals surface area contributed by atoms with E-state index < -0.39 is 0 Å². The Morgan fingerprint density at radius 1 is 1.21 bits per heavy atom. The average Bonchev–Trinajstić information content (AvgIpc) is 3.25. The molecule has 0 radical (unpaired) electrons. The third kappa shape index (κ3) is 4.32. The van der Waals surface area contributed by atoms with E-state index in [0.717, 1.165) is 71.0 Å². The van der Waals surface area contributed by atoms with E-state index >= 15 is 0 Å². The Bertz CT molecular complexity index is 491. The van der Waals surface area contributed by atoms with Gasteiger partial charge in [0.2, 0.25) is 0 Å². The molecule has 2 aliphatic rings. The molecule has 1 aromatic rings. The van der Waals surface area contributed by atoms with Crippen molar-refractivity contribution >= 4 is 0 Å². The van der Waals surface area contributed by atoms with Gasteiger partial charge in [-0.15, -0.1) is 5.10 Å². The van der Waals surface area contributed by atoms with Crippen LogP contribution >= 0.6 is 0 Å². The third-order valence-corrected chi connectivity index (χ3v) is 5.25. The SMILES string of the molecule is CCN1CCN([C@@H](CC(C)C)c2nnnn2C[C@H]2CCCO2)CC1. The number of rotatable bonds is 7. The summed E-state index contributed by atoms with van der Waals surface area (Å²) >= 11 is 0. The summed E-state index contributed by atoms with van der Waals surface area (Å²) in [5.41, 5.74) is 0. The number of tetrazole rings is 1. The van der Waals surface area contributed by atoms with Crippen LogP contribution in [0.5, 0.6) is 0 Å². The first-order chi connectivity index (χ1) is 11.7. The van der Waals surface area contributed by atoms with E-state index in [1.54, 1.807) is 0 Å². The van der Waals surface area contributed by atoms with Crippen molar-refractivity contribution in [3.05, 3.63) is 5.82 Å². The highest BCUT2D eigenvalue weighted by atomic mass is 16.5. The molecular weight excluding hydrogens is 304 g/mol. The number of likely N-dealkylation sites (N-methyl/N-ethyl adjacent to an activating group) is 1. The quantitative estimate of drug-likeness (QED) is 0.753. The fourth-order valence-corrected chi connectivity index (χ4v) is 3.82. The maximum atomic E-state index is 5.78. The minimum absolute atomic E-state index is 0.267. The maximum absolute atomic E-state index is 5.78. The number of hydrogen-bond donors (Lipinski definition) is 0. The smallest absolute Gasteiger partial charge is 0.168 e. The van der Waals surface area contributed by atoms with Gasteiger partial charge in [-0.05, 0) is 42.2 Å². The van der Waals surface area contributed by atoms with Gasteiger partial charge in [0.25, 0.3) is 0 Å². The molecule has 136 valence electrons. The first kappa shape index (κ1) is 17.8. The summed E-state index contributed by atoms with van der Waals surface area (Å²) in [6.45, 7) is 14.1. The Hall–Kier alpha value is -1.05. The van der Waals surface area contributed by atoms with Crippen LogP contribution in [0.4, 0.5) is 0 Å². The molecule has 0 N–H and O–H groups in total. The van der Waals surface area contributed by atoms with Crippen LogP contribution < -0.4 is 0 Å². The van der Waals surface area contributed by atoms with Gasteiger partial charge in [0, 0.05) is 32.8 Å². The van der Waals surface area contributed by atoms with Crippen molar-refractivity contribution in [3.63, 3.8) is 0 Å². The lowest BCUT2D eigenvalue weighted by Gasteiger charge is -2.39. The highest BCUT2D eigenvalue weighted by Gasteiger charge is 2.30. The van der Waals surface area contributed by atoms with Crippen molar-refractivity contribution < 1.29 is 4.74 Å². The second kappa shape index (κ2) is 8.36. The van der Waals surface area contributed by atoms with E-state index in [9.17, 15) is 0 Å². The Labute approximate surface area is 145 Å². The molecule has 0 amide bonds. The van der Waals surface area contributed by atoms with E-state index in [4.69, 9.17) is 4.74 Å². The normalized spacial score (nSPS) is 24.8. The molecule has 0 unspecified atom stereocenters. The zero-order valence-corrected chi connectivity index (χ0v) is 15.4. The fourth-order valence-electron chi connectivity index (χ4n) is 3.82. The predicted octanol–water partition coefficient (Wildman–Crippen LogP) is 1.58. The maximum Gasteiger partial charge on any atom is 0.168 e. The summed E-state index contributed by atoms with van der Waals surface area (Å²) in [7, 11) is 0. The van der Waals surface area contributed by atoms with Crippen LogP contribution in [-0.2, 0) is 11.3 Å². The molecule has 0 aliphatic carbocycles. The Morgan fingerprint density at radius 2 is 2.00 bits per heavy atom. The molecule has 7 nitrogen and oxygen atoms in total. The van der Waals surface area contributed by atoms with E-state index in [-0.39, 0.29) is 6.10 Å². The molecule has 0 bridgehead atoms. The number of nitrogens with zero attached hydrogens (tertiary/aromatic N) is 6. The van der Waals surface area contributed by atoms with Crippen molar-refractivity contribution in [1.29, 1.82) is 0 Å². The van der Waals surface area contributed by atoms with Crippen molar-refractivity contribution in [2.24, 2.45) is 5.92 Å². The van der Waals surface area contributed by atoms with E-state index in [1.807, 2.05) is 4.68 Å². The van der Waals surface area contributed by atoms with Crippen LogP contribution in [0.25, 0.3) is 0 Å². The minimum Gasteiger partial charge on any atom is -0.376 e. The molecule has 2 saturated heterocycles. The van der Waals surface area contributed by atoms with Crippen LogP contribution in [0.15, 0.2) is 0 Å². The lowest BCUT2D eigenvalue weighted by Crippen LogP contribution is -2.48. The molecule has 0 saturated carbocycles. The molecule has 24 heavy (non-hydrogen) atoms. The van der Waals surface area contributed by atoms with Gasteiger partial charge < -0.3 is 9.64 Å². The zero-order valence-electron chi connectivity index (χ0n) is 15.4. The van der Waals surface area contributed by atoms with E-state index in [2.05, 4.69) is 46.1 Å². The van der Waals surface area contributed by atoms with Crippen molar-refractivity contribution in [3.8, 4) is 0 Å². The molecule has 7 heteroatoms. The molecular formula is C17H32N6O. The lowest BCUT2D eigenvalue weighted by molar-refractivity contribution is 0.0738. The van der Waals surface area contributed by atoms with Crippen LogP contribution in [0.3, 0.4) is 0 Å². The van der Waals surface area contributed by atoms with Crippen molar-refractivity contribution in [2.45, 2.75) is 58.7 Å². The zero-order chi connectivity index (χ0) is 16.9. The van der Waals surface area contributed by atoms with E-state index in [0.29, 0.717) is 12.0 Å². The second-order valence-corrected chi connectivity index (χ2v) is 7.47. The molecule has 1 aromatic heterocycles. The number of aromatic nitrogens is 4. The standard InChI is InChI=1S/C17H32N6O/c1-4-21-7-9-22(10-8-21)16(12-14(2)3)17-18-19-20-23(17)13-15-6-5-11-24-15/h14-16H,4-13H2,1-3H3/t15-,16+/m1/s1. The molecule has 3 rings (SSSR count). The minimum atomic E-state index is 0.267. The van der Waals surface area contributed by atoms with Gasteiger partial charge in [0.1, 0.15) is 0 Å². The van der Waals surface area contributed by atoms with Crippen LogP contribution in [0, 0.1) is 5.92 Å². The van der Waals surface area contributed by atoms with Gasteiger partial charge in [-0.1, -0.05) is 20.8 Å². The largest absolute Gasteiger partial charge is 0.376 e. The van der Waals surface area contributed by atoms with Gasteiger partial charge in [-0.3, -0.25) is 4.90 Å². The topological polar surface area (TPSA) is 59.3 Å². The van der Waals surface area contributed by atoms with Crippen molar-refractivity contribution in [2.75, 3.05) is 39.3 Å². The average molecular weight is 336 g/mol. The number of piperazine rings is 1. The van der Waals surface area contributed by atoms with Gasteiger partial charge in [0.15, 0.2) is 5.82 Å². The molecule has 2 atom stereocenters. The van der Waals surface area contributed by atoms with Crippen LogP contribution in [0.1, 0.15) is 51.9 Å². The Morgan fingerprint density at radius 3 is 2.62 bits per heavy atom. The lowest BCUT2D eigenvalue weighted by atomic mass is 10.0. The highest BCUT2D eigenvalue weighted by molar-refractivity contribution is 4.96. The molecule has 2 aliphatic heterocycles. The first-order valence-corrected chi connectivity index (χ1v) is 9.51. The van der Waals surface area contributed by atoms with Gasteiger partial charge >= 0.3 is 0 Å². The van der Waals surface area contributed by atoms with Crippen LogP contribution in [0.2, 0.25) is 0 Å². The molecule has 2 fully saturated rings.